The van der Waals surface area contributed by atoms with Crippen molar-refractivity contribution in [1.29, 1.82) is 0 Å². The van der Waals surface area contributed by atoms with Gasteiger partial charge in [0, 0.05) is 29.6 Å². The number of nitrogens with two attached hydrogens (primary N) is 1. The van der Waals surface area contributed by atoms with E-state index in [1.165, 1.54) is 0 Å². The fraction of sp³-hybridized carbons (Fsp3) is 0.889. The maximum Gasteiger partial charge on any atom is 0.235 e. The van der Waals surface area contributed by atoms with Crippen molar-refractivity contribution in [1.82, 2.24) is 4.90 Å². The molecule has 0 aromatic rings. The first kappa shape index (κ1) is 12.6. The summed E-state index contributed by atoms with van der Waals surface area (Å²) in [6, 6.07) is 0. The lowest BCUT2D eigenvalue weighted by atomic mass is 10.4. The quantitative estimate of drug-likeness (QED) is 0.658. The Morgan fingerprint density at radius 2 is 2.07 bits per heavy atom. The molecule has 1 aliphatic heterocycles. The molecule has 1 saturated heterocycles. The molecule has 1 aliphatic rings. The fourth-order valence-corrected chi connectivity index (χ4v) is 2.45. The summed E-state index contributed by atoms with van der Waals surface area (Å²) in [6.45, 7) is 2.93. The molecule has 0 saturated carbocycles. The van der Waals surface area contributed by atoms with Gasteiger partial charge in [0.05, 0.1) is 13.2 Å². The van der Waals surface area contributed by atoms with E-state index in [0.717, 1.165) is 0 Å². The van der Waals surface area contributed by atoms with E-state index in [1.54, 1.807) is 4.90 Å². The number of morpholine rings is 1. The lowest BCUT2D eigenvalue weighted by Crippen LogP contribution is -2.42. The van der Waals surface area contributed by atoms with Crippen LogP contribution in [0.15, 0.2) is 0 Å². The Labute approximate surface area is 92.4 Å². The van der Waals surface area contributed by atoms with Crippen molar-refractivity contribution in [3.8, 4) is 0 Å². The predicted molar refractivity (Wildman–Crippen MR) is 58.9 cm³/mol. The van der Waals surface area contributed by atoms with Crippen LogP contribution < -0.4 is 5.73 Å². The van der Waals surface area contributed by atoms with E-state index in [2.05, 4.69) is 0 Å². The van der Waals surface area contributed by atoms with Crippen LogP contribution in [0.2, 0.25) is 0 Å². The van der Waals surface area contributed by atoms with E-state index in [0.29, 0.717) is 45.0 Å². The van der Waals surface area contributed by atoms with Crippen molar-refractivity contribution in [3.63, 3.8) is 0 Å². The Hall–Kier alpha value is -0.460. The lowest BCUT2D eigenvalue weighted by Gasteiger charge is -2.26. The summed E-state index contributed by atoms with van der Waals surface area (Å²) in [5, 5.41) is 0. The van der Waals surface area contributed by atoms with Gasteiger partial charge in [-0.15, -0.1) is 0 Å². The second kappa shape index (κ2) is 6.92. The molecule has 1 heterocycles. The number of nitrogens with zero attached hydrogens (tertiary/aromatic N) is 1. The van der Waals surface area contributed by atoms with Crippen molar-refractivity contribution in [2.45, 2.75) is 6.42 Å². The molecule has 0 spiro atoms. The molecule has 1 amide bonds. The minimum atomic E-state index is -1.06. The standard InChI is InChI=1S/C9H18N2O3S/c10-2-1-7-15(13)8-9(12)11-3-5-14-6-4-11/h1-8,10H2. The third kappa shape index (κ3) is 4.72. The minimum Gasteiger partial charge on any atom is -0.378 e. The van der Waals surface area contributed by atoms with E-state index >= 15 is 0 Å². The van der Waals surface area contributed by atoms with Crippen molar-refractivity contribution in [2.24, 2.45) is 5.73 Å². The zero-order valence-corrected chi connectivity index (χ0v) is 9.63. The van der Waals surface area contributed by atoms with Gasteiger partial charge in [-0.3, -0.25) is 9.00 Å². The van der Waals surface area contributed by atoms with Gasteiger partial charge in [-0.25, -0.2) is 0 Å². The Morgan fingerprint density at radius 1 is 1.40 bits per heavy atom. The summed E-state index contributed by atoms with van der Waals surface area (Å²) in [6.07, 6.45) is 0.711. The third-order valence-electron chi connectivity index (χ3n) is 2.22. The van der Waals surface area contributed by atoms with Gasteiger partial charge in [-0.1, -0.05) is 0 Å². The molecular formula is C9H18N2O3S. The zero-order valence-electron chi connectivity index (χ0n) is 8.81. The fourth-order valence-electron chi connectivity index (χ4n) is 1.36. The molecule has 1 fully saturated rings. The van der Waals surface area contributed by atoms with Gasteiger partial charge >= 0.3 is 0 Å². The van der Waals surface area contributed by atoms with Crippen LogP contribution in [0.3, 0.4) is 0 Å². The topological polar surface area (TPSA) is 72.6 Å². The van der Waals surface area contributed by atoms with Crippen LogP contribution in [-0.2, 0) is 20.3 Å². The Kier molecular flexibility index (Phi) is 5.82. The molecule has 0 aromatic heterocycles. The average molecular weight is 234 g/mol. The highest BCUT2D eigenvalue weighted by atomic mass is 32.2. The van der Waals surface area contributed by atoms with Crippen molar-refractivity contribution in [3.05, 3.63) is 0 Å². The van der Waals surface area contributed by atoms with E-state index < -0.39 is 10.8 Å². The summed E-state index contributed by atoms with van der Waals surface area (Å²) >= 11 is 0. The minimum absolute atomic E-state index is 0.0337. The third-order valence-corrected chi connectivity index (χ3v) is 3.54. The van der Waals surface area contributed by atoms with E-state index in [1.807, 2.05) is 0 Å². The summed E-state index contributed by atoms with van der Waals surface area (Å²) in [7, 11) is -1.06. The predicted octanol–water partition coefficient (Wildman–Crippen LogP) is -1.06. The Balaban J connectivity index is 2.24. The molecule has 0 radical (unpaired) electrons. The maximum atomic E-state index is 11.6. The number of carbonyl (C=O) groups is 1. The van der Waals surface area contributed by atoms with E-state index in [9.17, 15) is 9.00 Å². The summed E-state index contributed by atoms with van der Waals surface area (Å²) in [5.74, 6) is 0.612. The molecule has 1 rings (SSSR count). The second-order valence-electron chi connectivity index (χ2n) is 3.42. The first-order valence-corrected chi connectivity index (χ1v) is 6.63. The van der Waals surface area contributed by atoms with E-state index in [4.69, 9.17) is 10.5 Å². The van der Waals surface area contributed by atoms with Crippen LogP contribution >= 0.6 is 0 Å². The molecule has 1 atom stereocenters. The number of carbonyl (C=O) groups excluding carboxylic acids is 1. The van der Waals surface area contributed by atoms with Crippen molar-refractivity contribution >= 4 is 16.7 Å². The largest absolute Gasteiger partial charge is 0.378 e. The van der Waals surface area contributed by atoms with Gasteiger partial charge in [-0.05, 0) is 13.0 Å². The summed E-state index contributed by atoms with van der Waals surface area (Å²) < 4.78 is 16.6. The number of ether oxygens (including phenoxy) is 1. The van der Waals surface area contributed by atoms with Gasteiger partial charge in [-0.2, -0.15) is 0 Å². The summed E-state index contributed by atoms with van der Waals surface area (Å²) in [4.78, 5) is 13.3. The Bertz CT molecular complexity index is 229. The van der Waals surface area contributed by atoms with Gasteiger partial charge in [0.2, 0.25) is 5.91 Å². The lowest BCUT2D eigenvalue weighted by molar-refractivity contribution is -0.132. The normalized spacial score (nSPS) is 18.9. The maximum absolute atomic E-state index is 11.6. The first-order chi connectivity index (χ1) is 7.24. The van der Waals surface area contributed by atoms with Crippen molar-refractivity contribution in [2.75, 3.05) is 44.4 Å². The van der Waals surface area contributed by atoms with Crippen LogP contribution in [0.5, 0.6) is 0 Å². The molecule has 1 unspecified atom stereocenters. The molecule has 0 aromatic carbocycles. The van der Waals surface area contributed by atoms with Gasteiger partial charge in [0.15, 0.2) is 0 Å². The van der Waals surface area contributed by atoms with E-state index in [-0.39, 0.29) is 11.7 Å². The molecule has 88 valence electrons. The molecule has 6 heteroatoms. The SMILES string of the molecule is NCCCS(=O)CC(=O)N1CCOCC1. The van der Waals surface area contributed by atoms with Crippen LogP contribution in [0, 0.1) is 0 Å². The number of rotatable bonds is 5. The molecule has 0 bridgehead atoms. The molecule has 2 N–H and O–H groups in total. The highest BCUT2D eigenvalue weighted by Crippen LogP contribution is 1.99. The smallest absolute Gasteiger partial charge is 0.235 e. The van der Waals surface area contributed by atoms with Gasteiger partial charge in [0.25, 0.3) is 0 Å². The van der Waals surface area contributed by atoms with Crippen LogP contribution in [-0.4, -0.2) is 59.4 Å². The molecule has 0 aliphatic carbocycles. The number of amides is 1. The van der Waals surface area contributed by atoms with Crippen LogP contribution in [0.4, 0.5) is 0 Å². The number of hydrogen-bond acceptors (Lipinski definition) is 4. The highest BCUT2D eigenvalue weighted by molar-refractivity contribution is 7.85. The highest BCUT2D eigenvalue weighted by Gasteiger charge is 2.18. The van der Waals surface area contributed by atoms with Crippen molar-refractivity contribution < 1.29 is 13.7 Å². The van der Waals surface area contributed by atoms with Crippen LogP contribution in [0.1, 0.15) is 6.42 Å². The van der Waals surface area contributed by atoms with Crippen LogP contribution in [0.25, 0.3) is 0 Å². The molecule has 15 heavy (non-hydrogen) atoms. The average Bonchev–Trinajstić information content (AvgIpc) is 2.27. The number of hydrogen-bond donors (Lipinski definition) is 1. The first-order valence-electron chi connectivity index (χ1n) is 5.14. The molecular weight excluding hydrogens is 216 g/mol. The monoisotopic (exact) mass is 234 g/mol. The second-order valence-corrected chi connectivity index (χ2v) is 5.00. The Morgan fingerprint density at radius 3 is 2.67 bits per heavy atom. The van der Waals surface area contributed by atoms with Gasteiger partial charge in [0.1, 0.15) is 5.75 Å². The molecule has 5 nitrogen and oxygen atoms in total. The summed E-state index contributed by atoms with van der Waals surface area (Å²) in [5.41, 5.74) is 5.30. The van der Waals surface area contributed by atoms with Gasteiger partial charge < -0.3 is 15.4 Å². The zero-order chi connectivity index (χ0) is 11.1.